The molecule has 22 heavy (non-hydrogen) atoms. The minimum Gasteiger partial charge on any atom is -0.406 e. The summed E-state index contributed by atoms with van der Waals surface area (Å²) in [4.78, 5) is 2.80. The largest absolute Gasteiger partial charge is 0.573 e. The van der Waals surface area contributed by atoms with Crippen LogP contribution in [0.5, 0.6) is 5.75 Å². The van der Waals surface area contributed by atoms with Crippen molar-refractivity contribution in [1.29, 1.82) is 0 Å². The Morgan fingerprint density at radius 3 is 1.86 bits per heavy atom. The third-order valence-corrected chi connectivity index (χ3v) is 2.54. The Morgan fingerprint density at radius 2 is 1.41 bits per heavy atom. The highest BCUT2D eigenvalue weighted by atomic mass is 19.4. The van der Waals surface area contributed by atoms with Crippen LogP contribution in [0.2, 0.25) is 0 Å². The molecule has 0 fully saturated rings. The number of aromatic nitrogens is 1. The molecule has 0 aliphatic carbocycles. The lowest BCUT2D eigenvalue weighted by atomic mass is 10.1. The predicted octanol–water partition coefficient (Wildman–Crippen LogP) is 4.81. The Bertz CT molecular complexity index is 662. The van der Waals surface area contributed by atoms with Crippen LogP contribution in [0.3, 0.4) is 0 Å². The average molecular weight is 325 g/mol. The Morgan fingerprint density at radius 1 is 0.818 bits per heavy atom. The van der Waals surface area contributed by atoms with E-state index >= 15 is 0 Å². The van der Waals surface area contributed by atoms with Crippen molar-refractivity contribution in [3.05, 3.63) is 48.0 Å². The van der Waals surface area contributed by atoms with E-state index < -0.39 is 29.9 Å². The first-order valence-electron chi connectivity index (χ1n) is 5.66. The second-order valence-corrected chi connectivity index (χ2v) is 4.10. The Kier molecular flexibility index (Phi) is 3.99. The van der Waals surface area contributed by atoms with Crippen molar-refractivity contribution < 1.29 is 35.5 Å². The first kappa shape index (κ1) is 16.1. The molecular weight excluding hydrogens is 319 g/mol. The van der Waals surface area contributed by atoms with Gasteiger partial charge in [0.25, 0.3) is 0 Å². The number of halogens is 7. The molecule has 0 N–H and O–H groups in total. The first-order chi connectivity index (χ1) is 10.1. The number of rotatable bonds is 2. The van der Waals surface area contributed by atoms with E-state index in [9.17, 15) is 30.7 Å². The number of ether oxygens (including phenoxy) is 1. The highest BCUT2D eigenvalue weighted by molar-refractivity contribution is 5.64. The molecule has 2 rings (SSSR count). The fourth-order valence-electron chi connectivity index (χ4n) is 1.64. The van der Waals surface area contributed by atoms with Gasteiger partial charge in [-0.1, -0.05) is 12.1 Å². The monoisotopic (exact) mass is 325 g/mol. The van der Waals surface area contributed by atoms with Crippen LogP contribution >= 0.6 is 0 Å². The van der Waals surface area contributed by atoms with Gasteiger partial charge in [0.2, 0.25) is 5.95 Å². The lowest BCUT2D eigenvalue weighted by Crippen LogP contribution is -2.16. The van der Waals surface area contributed by atoms with Gasteiger partial charge in [-0.3, -0.25) is 0 Å². The van der Waals surface area contributed by atoms with E-state index in [0.717, 1.165) is 30.3 Å². The maximum atomic E-state index is 13.6. The van der Waals surface area contributed by atoms with E-state index in [2.05, 4.69) is 9.72 Å². The molecule has 0 aliphatic heterocycles. The quantitative estimate of drug-likeness (QED) is 0.584. The van der Waals surface area contributed by atoms with E-state index in [0.29, 0.717) is 6.07 Å². The van der Waals surface area contributed by atoms with Crippen LogP contribution in [0.4, 0.5) is 30.7 Å². The van der Waals surface area contributed by atoms with Gasteiger partial charge in [0.15, 0.2) is 0 Å². The number of pyridine rings is 1. The standard InChI is InChI=1S/C13H6F7NO/c14-11-9(5-6-10(21-11)12(15,16)17)7-1-3-8(4-2-7)22-13(18,19)20/h1-6H. The lowest BCUT2D eigenvalue weighted by Gasteiger charge is -2.10. The topological polar surface area (TPSA) is 22.1 Å². The van der Waals surface area contributed by atoms with Gasteiger partial charge in [-0.15, -0.1) is 13.2 Å². The van der Waals surface area contributed by atoms with E-state index in [1.807, 2.05) is 0 Å². The SMILES string of the molecule is Fc1nc(C(F)(F)F)ccc1-c1ccc(OC(F)(F)F)cc1. The van der Waals surface area contributed by atoms with E-state index in [1.54, 1.807) is 0 Å². The van der Waals surface area contributed by atoms with Crippen molar-refractivity contribution in [1.82, 2.24) is 4.98 Å². The predicted molar refractivity (Wildman–Crippen MR) is 61.3 cm³/mol. The number of benzene rings is 1. The molecule has 9 heteroatoms. The maximum Gasteiger partial charge on any atom is 0.573 e. The molecule has 0 radical (unpaired) electrons. The van der Waals surface area contributed by atoms with Gasteiger partial charge in [0.1, 0.15) is 11.4 Å². The van der Waals surface area contributed by atoms with Crippen molar-refractivity contribution in [2.45, 2.75) is 12.5 Å². The van der Waals surface area contributed by atoms with Gasteiger partial charge in [0.05, 0.1) is 0 Å². The molecular formula is C13H6F7NO. The smallest absolute Gasteiger partial charge is 0.406 e. The molecule has 0 bridgehead atoms. The summed E-state index contributed by atoms with van der Waals surface area (Å²) in [6, 6.07) is 5.42. The number of hydrogen-bond acceptors (Lipinski definition) is 2. The minimum absolute atomic E-state index is 0.0632. The summed E-state index contributed by atoms with van der Waals surface area (Å²) in [5.74, 6) is -1.91. The van der Waals surface area contributed by atoms with Crippen LogP contribution < -0.4 is 4.74 Å². The zero-order chi connectivity index (χ0) is 16.5. The molecule has 2 aromatic rings. The number of nitrogens with zero attached hydrogens (tertiary/aromatic N) is 1. The Labute approximate surface area is 119 Å². The Hall–Kier alpha value is -2.32. The number of hydrogen-bond donors (Lipinski definition) is 0. The second kappa shape index (κ2) is 5.47. The van der Waals surface area contributed by atoms with Crippen LogP contribution in [0.15, 0.2) is 36.4 Å². The fourth-order valence-corrected chi connectivity index (χ4v) is 1.64. The third-order valence-electron chi connectivity index (χ3n) is 2.54. The normalized spacial score (nSPS) is 12.3. The minimum atomic E-state index is -4.87. The van der Waals surface area contributed by atoms with Crippen molar-refractivity contribution in [2.24, 2.45) is 0 Å². The zero-order valence-electron chi connectivity index (χ0n) is 10.5. The van der Waals surface area contributed by atoms with E-state index in [4.69, 9.17) is 0 Å². The molecule has 0 saturated carbocycles. The van der Waals surface area contributed by atoms with Gasteiger partial charge in [0, 0.05) is 5.56 Å². The first-order valence-corrected chi connectivity index (χ1v) is 5.66. The van der Waals surface area contributed by atoms with Crippen LogP contribution in [0, 0.1) is 5.95 Å². The van der Waals surface area contributed by atoms with Gasteiger partial charge >= 0.3 is 12.5 Å². The molecule has 1 aromatic carbocycles. The molecule has 0 saturated heterocycles. The zero-order valence-corrected chi connectivity index (χ0v) is 10.5. The summed E-state index contributed by atoms with van der Waals surface area (Å²) in [7, 11) is 0. The summed E-state index contributed by atoms with van der Waals surface area (Å²) >= 11 is 0. The highest BCUT2D eigenvalue weighted by Crippen LogP contribution is 2.31. The van der Waals surface area contributed by atoms with Gasteiger partial charge in [-0.25, -0.2) is 4.98 Å². The molecule has 2 nitrogen and oxygen atoms in total. The summed E-state index contributed by atoms with van der Waals surface area (Å²) in [6.07, 6.45) is -9.66. The summed E-state index contributed by atoms with van der Waals surface area (Å²) in [5.41, 5.74) is -1.61. The highest BCUT2D eigenvalue weighted by Gasteiger charge is 2.33. The molecule has 0 atom stereocenters. The maximum absolute atomic E-state index is 13.6. The number of alkyl halides is 6. The molecule has 0 spiro atoms. The molecule has 1 heterocycles. The molecule has 1 aromatic heterocycles. The van der Waals surface area contributed by atoms with Gasteiger partial charge in [-0.05, 0) is 29.8 Å². The van der Waals surface area contributed by atoms with Crippen molar-refractivity contribution in [3.63, 3.8) is 0 Å². The van der Waals surface area contributed by atoms with Gasteiger partial charge < -0.3 is 4.74 Å². The Balaban J connectivity index is 2.29. The van der Waals surface area contributed by atoms with Crippen LogP contribution in [0.1, 0.15) is 5.69 Å². The van der Waals surface area contributed by atoms with Crippen LogP contribution in [-0.2, 0) is 6.18 Å². The molecule has 0 aliphatic rings. The average Bonchev–Trinajstić information content (AvgIpc) is 2.37. The van der Waals surface area contributed by atoms with Crippen molar-refractivity contribution in [3.8, 4) is 16.9 Å². The van der Waals surface area contributed by atoms with E-state index in [-0.39, 0.29) is 11.1 Å². The van der Waals surface area contributed by atoms with Crippen molar-refractivity contribution >= 4 is 0 Å². The van der Waals surface area contributed by atoms with E-state index in [1.165, 1.54) is 0 Å². The molecule has 0 amide bonds. The summed E-state index contributed by atoms with van der Waals surface area (Å²) in [6.45, 7) is 0. The van der Waals surface area contributed by atoms with Gasteiger partial charge in [-0.2, -0.15) is 17.6 Å². The summed E-state index contributed by atoms with van der Waals surface area (Å²) < 4.78 is 90.3. The van der Waals surface area contributed by atoms with Crippen molar-refractivity contribution in [2.75, 3.05) is 0 Å². The third kappa shape index (κ3) is 3.86. The second-order valence-electron chi connectivity index (χ2n) is 4.10. The molecule has 118 valence electrons. The van der Waals surface area contributed by atoms with Crippen LogP contribution in [0.25, 0.3) is 11.1 Å². The lowest BCUT2D eigenvalue weighted by molar-refractivity contribution is -0.274. The molecule has 0 unspecified atom stereocenters. The van der Waals surface area contributed by atoms with Crippen LogP contribution in [-0.4, -0.2) is 11.3 Å². The summed E-state index contributed by atoms with van der Waals surface area (Å²) in [5, 5.41) is 0. The fraction of sp³-hybridized carbons (Fsp3) is 0.154.